The van der Waals surface area contributed by atoms with E-state index in [4.69, 9.17) is 5.73 Å². The molecule has 0 spiro atoms. The molecule has 1 aliphatic carbocycles. The van der Waals surface area contributed by atoms with Gasteiger partial charge in [0.05, 0.1) is 25.8 Å². The van der Waals surface area contributed by atoms with Gasteiger partial charge in [-0.05, 0) is 135 Å². The van der Waals surface area contributed by atoms with E-state index in [9.17, 15) is 27.7 Å². The number of carbonyl (C=O) groups excluding carboxylic acids is 3. The van der Waals surface area contributed by atoms with Gasteiger partial charge in [0.2, 0.25) is 11.8 Å². The van der Waals surface area contributed by atoms with Gasteiger partial charge in [-0.25, -0.2) is 9.97 Å². The maximum atomic E-state index is 13.3. The van der Waals surface area contributed by atoms with Gasteiger partial charge in [-0.1, -0.05) is 67.9 Å². The van der Waals surface area contributed by atoms with Crippen LogP contribution in [0.25, 0.3) is 21.5 Å². The molecule has 14 nitrogen and oxygen atoms in total. The lowest BCUT2D eigenvalue weighted by molar-refractivity contribution is -0.286. The number of pyridine rings is 1. The van der Waals surface area contributed by atoms with Crippen molar-refractivity contribution in [3.8, 4) is 28.5 Å². The summed E-state index contributed by atoms with van der Waals surface area (Å²) in [5, 5.41) is 11.4. The van der Waals surface area contributed by atoms with Crippen LogP contribution in [0.1, 0.15) is 92.6 Å². The number of likely N-dealkylation sites (tertiary alicyclic amines) is 1. The van der Waals surface area contributed by atoms with Crippen molar-refractivity contribution in [3.05, 3.63) is 101 Å². The Morgan fingerprint density at radius 1 is 0.901 bits per heavy atom. The molecule has 71 heavy (non-hydrogen) atoms. The van der Waals surface area contributed by atoms with E-state index in [2.05, 4.69) is 56.9 Å². The zero-order valence-electron chi connectivity index (χ0n) is 39.5. The molecule has 0 bridgehead atoms. The minimum absolute atomic E-state index is 0.0305. The highest BCUT2D eigenvalue weighted by Gasteiger charge is 2.45. The van der Waals surface area contributed by atoms with E-state index in [1.165, 1.54) is 29.4 Å². The minimum atomic E-state index is -3.51. The van der Waals surface area contributed by atoms with Crippen LogP contribution < -0.4 is 40.8 Å². The first-order chi connectivity index (χ1) is 34.2. The van der Waals surface area contributed by atoms with Crippen LogP contribution in [0, 0.1) is 12.8 Å². The first kappa shape index (κ1) is 51.3. The SMILES string of the molecule is CC1(c2ccc3c(c2)OC(F)(F)O3)CC1.Cc1ccc(N)nc1-c1cccc(C(=O)NCCCCCCCC(=O)NCCN2CCC(C(=O)Nc3nc4cc(OF)c(NSc5cccs5)cc4s3)CC2)c1. The molecule has 376 valence electrons. The fraction of sp³-hybridized carbons (Fsp3) is 0.392. The predicted molar refractivity (Wildman–Crippen MR) is 274 cm³/mol. The van der Waals surface area contributed by atoms with Crippen LogP contribution in [0.15, 0.2) is 88.5 Å². The standard InChI is InChI=1S/C40H47FN8O4S3.C11H10F2O2/c1-26-13-14-34(42)46-37(26)28-9-7-10-29(23-28)38(51)44-17-6-4-2-3-5-11-35(50)43-18-21-49-19-15-27(16-20-49)39(52)47-40-45-31-24-32(53-41)30(25-33(31)55-40)48-56-36-12-8-22-54-36;1-10(4-5-10)7-2-3-8-9(6-7)15-11(12,13)14-8/h7-10,12-14,22-25,27,48H,2-6,11,15-21H2,1H3,(H2,42,46)(H,43,50)(H,44,51)(H,45,47,52);2-3,6H,4-5H2,1H3. The number of amides is 3. The zero-order valence-corrected chi connectivity index (χ0v) is 41.9. The smallest absolute Gasteiger partial charge is 0.395 e. The van der Waals surface area contributed by atoms with Crippen LogP contribution in [0.3, 0.4) is 0 Å². The molecule has 3 aromatic heterocycles. The molecule has 1 saturated heterocycles. The molecule has 9 rings (SSSR count). The quantitative estimate of drug-likeness (QED) is 0.0361. The number of hydrogen-bond donors (Lipinski definition) is 5. The summed E-state index contributed by atoms with van der Waals surface area (Å²) in [7, 11) is 0. The van der Waals surface area contributed by atoms with E-state index >= 15 is 0 Å². The monoisotopic (exact) mass is 1030 g/mol. The molecular formula is C51H57F3N8O6S3. The number of nitrogen functional groups attached to an aromatic ring is 1. The van der Waals surface area contributed by atoms with E-state index in [1.54, 1.807) is 41.7 Å². The summed E-state index contributed by atoms with van der Waals surface area (Å²) in [6, 6.07) is 23.3. The average Bonchev–Trinajstić information content (AvgIpc) is 3.63. The number of nitrogens with two attached hydrogens (primary N) is 1. The fourth-order valence-corrected chi connectivity index (χ4v) is 10.7. The second-order valence-electron chi connectivity index (χ2n) is 18.1. The van der Waals surface area contributed by atoms with Crippen LogP contribution >= 0.6 is 34.6 Å². The van der Waals surface area contributed by atoms with Crippen molar-refractivity contribution in [1.82, 2.24) is 25.5 Å². The van der Waals surface area contributed by atoms with Crippen molar-refractivity contribution in [2.75, 3.05) is 48.5 Å². The predicted octanol–water partition coefficient (Wildman–Crippen LogP) is 11.3. The number of carbonyl (C=O) groups is 3. The van der Waals surface area contributed by atoms with Crippen molar-refractivity contribution in [2.45, 2.75) is 94.0 Å². The highest BCUT2D eigenvalue weighted by atomic mass is 32.2. The number of nitrogens with one attached hydrogen (secondary N) is 4. The number of fused-ring (bicyclic) bond motifs is 2. The van der Waals surface area contributed by atoms with Crippen LogP contribution in [0.5, 0.6) is 17.2 Å². The lowest BCUT2D eigenvalue weighted by atomic mass is 9.96. The third-order valence-electron chi connectivity index (χ3n) is 12.7. The van der Waals surface area contributed by atoms with E-state index in [-0.39, 0.29) is 46.3 Å². The molecule has 1 saturated carbocycles. The topological polar surface area (TPSA) is 182 Å². The van der Waals surface area contributed by atoms with Gasteiger partial charge in [0.1, 0.15) is 5.82 Å². The summed E-state index contributed by atoms with van der Waals surface area (Å²) in [5.41, 5.74) is 11.3. The molecule has 3 aliphatic rings. The number of benzene rings is 3. The van der Waals surface area contributed by atoms with Crippen molar-refractivity contribution in [2.24, 2.45) is 5.92 Å². The zero-order chi connectivity index (χ0) is 50.0. The molecule has 0 unspecified atom stereocenters. The molecule has 5 heterocycles. The van der Waals surface area contributed by atoms with Gasteiger partial charge in [0, 0.05) is 53.7 Å². The third kappa shape index (κ3) is 14.1. The molecule has 0 atom stereocenters. The summed E-state index contributed by atoms with van der Waals surface area (Å²) < 4.78 is 52.5. The van der Waals surface area contributed by atoms with Crippen LogP contribution in [-0.4, -0.2) is 71.6 Å². The summed E-state index contributed by atoms with van der Waals surface area (Å²) in [4.78, 5) is 53.5. The number of alkyl halides is 2. The fourth-order valence-electron chi connectivity index (χ4n) is 8.34. The van der Waals surface area contributed by atoms with E-state index in [0.717, 1.165) is 109 Å². The Hall–Kier alpha value is -6.09. The van der Waals surface area contributed by atoms with Gasteiger partial charge in [0.25, 0.3) is 5.91 Å². The number of aromatic nitrogens is 2. The first-order valence-corrected chi connectivity index (χ1v) is 26.3. The number of thiazole rings is 1. The van der Waals surface area contributed by atoms with Gasteiger partial charge < -0.3 is 40.8 Å². The summed E-state index contributed by atoms with van der Waals surface area (Å²) >= 11 is 4.28. The Balaban J connectivity index is 0.000000379. The highest BCUT2D eigenvalue weighted by molar-refractivity contribution is 8.02. The van der Waals surface area contributed by atoms with Crippen LogP contribution in [0.4, 0.5) is 29.9 Å². The molecule has 6 aromatic rings. The van der Waals surface area contributed by atoms with Crippen molar-refractivity contribution in [1.29, 1.82) is 0 Å². The van der Waals surface area contributed by atoms with Crippen LogP contribution in [0.2, 0.25) is 0 Å². The lowest BCUT2D eigenvalue weighted by Crippen LogP contribution is -2.41. The molecule has 3 aromatic carbocycles. The average molecular weight is 1030 g/mol. The highest BCUT2D eigenvalue weighted by Crippen LogP contribution is 2.51. The second-order valence-corrected chi connectivity index (χ2v) is 21.2. The number of nitrogens with zero attached hydrogens (tertiary/aromatic N) is 3. The Morgan fingerprint density at radius 2 is 1.69 bits per heavy atom. The maximum Gasteiger partial charge on any atom is 0.586 e. The number of anilines is 3. The number of unbranched alkanes of at least 4 members (excludes halogenated alkanes) is 4. The Labute approximate surface area is 422 Å². The molecule has 0 radical (unpaired) electrons. The normalized spacial score (nSPS) is 15.6. The largest absolute Gasteiger partial charge is 0.586 e. The summed E-state index contributed by atoms with van der Waals surface area (Å²) in [6.07, 6.45) is 5.28. The lowest BCUT2D eigenvalue weighted by Gasteiger charge is -2.31. The van der Waals surface area contributed by atoms with Gasteiger partial charge in [-0.3, -0.25) is 19.3 Å². The summed E-state index contributed by atoms with van der Waals surface area (Å²) in [6.45, 7) is 7.54. The number of thiophene rings is 1. The number of ether oxygens (including phenoxy) is 2. The molecule has 3 amide bonds. The second kappa shape index (κ2) is 23.4. The van der Waals surface area contributed by atoms with Gasteiger partial charge >= 0.3 is 6.29 Å². The van der Waals surface area contributed by atoms with E-state index in [1.807, 2.05) is 54.8 Å². The molecule has 2 fully saturated rings. The van der Waals surface area contributed by atoms with Crippen molar-refractivity contribution >= 4 is 79.2 Å². The third-order valence-corrected chi connectivity index (χ3v) is 15.5. The van der Waals surface area contributed by atoms with E-state index in [0.29, 0.717) is 47.2 Å². The number of aryl methyl sites for hydroxylation is 1. The number of rotatable bonds is 20. The molecule has 6 N–H and O–H groups in total. The summed E-state index contributed by atoms with van der Waals surface area (Å²) in [5.74, 6) is 0.483. The number of piperidine rings is 1. The Kier molecular flexibility index (Phi) is 16.9. The minimum Gasteiger partial charge on any atom is -0.395 e. The Morgan fingerprint density at radius 3 is 2.46 bits per heavy atom. The maximum absolute atomic E-state index is 13.3. The number of hydrogen-bond acceptors (Lipinski definition) is 14. The van der Waals surface area contributed by atoms with E-state index < -0.39 is 6.29 Å². The van der Waals surface area contributed by atoms with Crippen LogP contribution in [-0.2, 0) is 15.0 Å². The molecular weight excluding hydrogens is 974 g/mol. The van der Waals surface area contributed by atoms with Gasteiger partial charge in [-0.2, -0.15) is 0 Å². The van der Waals surface area contributed by atoms with Crippen molar-refractivity contribution in [3.63, 3.8) is 0 Å². The number of halogens is 3. The Bertz CT molecular complexity index is 2800. The van der Waals surface area contributed by atoms with Crippen molar-refractivity contribution < 1.29 is 42.1 Å². The van der Waals surface area contributed by atoms with Gasteiger partial charge in [-0.15, -0.1) is 20.1 Å². The first-order valence-electron chi connectivity index (χ1n) is 23.8. The molecule has 2 aliphatic heterocycles. The molecule has 20 heteroatoms. The van der Waals surface area contributed by atoms with Gasteiger partial charge in [0.15, 0.2) is 22.4 Å².